The maximum absolute atomic E-state index is 13.5. The van der Waals surface area contributed by atoms with Crippen molar-refractivity contribution in [1.29, 1.82) is 0 Å². The number of hydrogen-bond donors (Lipinski definition) is 1. The van der Waals surface area contributed by atoms with Gasteiger partial charge in [-0.15, -0.1) is 24.8 Å². The second-order valence-corrected chi connectivity index (χ2v) is 7.55. The monoisotopic (exact) mass is 467 g/mol. The maximum atomic E-state index is 13.5. The number of para-hydroxylation sites is 1. The van der Waals surface area contributed by atoms with E-state index in [0.29, 0.717) is 6.54 Å². The van der Waals surface area contributed by atoms with E-state index < -0.39 is 0 Å². The Bertz CT molecular complexity index is 846. The lowest BCUT2D eigenvalue weighted by Crippen LogP contribution is -2.48. The summed E-state index contributed by atoms with van der Waals surface area (Å²) in [7, 11) is 1.68. The third kappa shape index (κ3) is 6.11. The van der Waals surface area contributed by atoms with Gasteiger partial charge in [0.05, 0.1) is 26.4 Å². The van der Waals surface area contributed by atoms with Crippen LogP contribution < -0.4 is 10.1 Å². The Labute approximate surface area is 196 Å². The molecule has 4 rings (SSSR count). The third-order valence-electron chi connectivity index (χ3n) is 5.69. The van der Waals surface area contributed by atoms with E-state index >= 15 is 0 Å². The molecule has 1 atom stereocenters. The molecular formula is C23H31Cl2N3O3. The van der Waals surface area contributed by atoms with Gasteiger partial charge in [-0.25, -0.2) is 0 Å². The van der Waals surface area contributed by atoms with E-state index in [-0.39, 0.29) is 36.8 Å². The van der Waals surface area contributed by atoms with Crippen molar-refractivity contribution >= 4 is 30.7 Å². The fourth-order valence-corrected chi connectivity index (χ4v) is 4.15. The number of morpholine rings is 1. The van der Waals surface area contributed by atoms with Crippen LogP contribution in [0.1, 0.15) is 27.5 Å². The van der Waals surface area contributed by atoms with Gasteiger partial charge in [-0.3, -0.25) is 9.69 Å². The lowest BCUT2D eigenvalue weighted by Gasteiger charge is -2.37. The first kappa shape index (κ1) is 25.4. The number of carbonyl (C=O) groups is 1. The Balaban J connectivity index is 0.00000171. The molecule has 8 heteroatoms. The number of halogens is 2. The number of nitrogens with zero attached hydrogens (tertiary/aromatic N) is 2. The highest BCUT2D eigenvalue weighted by atomic mass is 35.5. The van der Waals surface area contributed by atoms with Gasteiger partial charge < -0.3 is 19.7 Å². The molecule has 2 aliphatic heterocycles. The molecule has 2 aromatic carbocycles. The zero-order chi connectivity index (χ0) is 20.1. The number of ether oxygens (including phenoxy) is 2. The summed E-state index contributed by atoms with van der Waals surface area (Å²) in [6, 6.07) is 16.0. The smallest absolute Gasteiger partial charge is 0.254 e. The van der Waals surface area contributed by atoms with E-state index in [4.69, 9.17) is 9.47 Å². The van der Waals surface area contributed by atoms with Crippen LogP contribution in [0.15, 0.2) is 48.5 Å². The van der Waals surface area contributed by atoms with Crippen LogP contribution in [0.3, 0.4) is 0 Å². The SMILES string of the molecule is COc1ccccc1C1CNCCN1C(=O)c1cccc(CN2CCOCC2)c1.Cl.Cl. The van der Waals surface area contributed by atoms with Gasteiger partial charge in [-0.1, -0.05) is 30.3 Å². The number of rotatable bonds is 5. The first-order valence-electron chi connectivity index (χ1n) is 10.3. The maximum Gasteiger partial charge on any atom is 0.254 e. The average molecular weight is 468 g/mol. The van der Waals surface area contributed by atoms with Crippen LogP contribution in [-0.4, -0.2) is 68.8 Å². The topological polar surface area (TPSA) is 54.0 Å². The molecule has 31 heavy (non-hydrogen) atoms. The molecule has 0 aliphatic carbocycles. The van der Waals surface area contributed by atoms with Crippen molar-refractivity contribution in [3.63, 3.8) is 0 Å². The number of methoxy groups -OCH3 is 1. The van der Waals surface area contributed by atoms with E-state index in [1.807, 2.05) is 47.4 Å². The fourth-order valence-electron chi connectivity index (χ4n) is 4.15. The van der Waals surface area contributed by atoms with Gasteiger partial charge in [-0.05, 0) is 23.8 Å². The van der Waals surface area contributed by atoms with E-state index in [0.717, 1.165) is 62.8 Å². The molecule has 170 valence electrons. The number of hydrogen-bond acceptors (Lipinski definition) is 5. The number of nitrogens with one attached hydrogen (secondary N) is 1. The normalized spacial score (nSPS) is 19.1. The Morgan fingerprint density at radius 1 is 1.10 bits per heavy atom. The molecule has 2 fully saturated rings. The highest BCUT2D eigenvalue weighted by molar-refractivity contribution is 5.94. The van der Waals surface area contributed by atoms with Crippen LogP contribution in [0, 0.1) is 0 Å². The van der Waals surface area contributed by atoms with Crippen LogP contribution in [0.4, 0.5) is 0 Å². The molecule has 1 amide bonds. The second kappa shape index (κ2) is 12.3. The summed E-state index contributed by atoms with van der Waals surface area (Å²) in [4.78, 5) is 17.8. The van der Waals surface area contributed by atoms with Gasteiger partial charge in [0.1, 0.15) is 5.75 Å². The predicted molar refractivity (Wildman–Crippen MR) is 127 cm³/mol. The fraction of sp³-hybridized carbons (Fsp3) is 0.435. The van der Waals surface area contributed by atoms with Crippen LogP contribution in [0.2, 0.25) is 0 Å². The zero-order valence-corrected chi connectivity index (χ0v) is 19.4. The third-order valence-corrected chi connectivity index (χ3v) is 5.69. The standard InChI is InChI=1S/C23H29N3O3.2ClH/c1-28-22-8-3-2-7-20(22)21-16-24-9-10-26(21)23(27)19-6-4-5-18(15-19)17-25-11-13-29-14-12-25;;/h2-8,15,21,24H,9-14,16-17H2,1H3;2*1H. The number of amides is 1. The molecule has 6 nitrogen and oxygen atoms in total. The molecule has 0 saturated carbocycles. The molecule has 1 N–H and O–H groups in total. The molecule has 1 unspecified atom stereocenters. The first-order valence-corrected chi connectivity index (χ1v) is 10.3. The molecule has 0 aromatic heterocycles. The minimum atomic E-state index is -0.0460. The van der Waals surface area contributed by atoms with Crippen LogP contribution >= 0.6 is 24.8 Å². The summed E-state index contributed by atoms with van der Waals surface area (Å²) >= 11 is 0. The summed E-state index contributed by atoms with van der Waals surface area (Å²) < 4.78 is 11.0. The number of carbonyl (C=O) groups excluding carboxylic acids is 1. The van der Waals surface area contributed by atoms with Crippen molar-refractivity contribution in [2.75, 3.05) is 53.0 Å². The number of benzene rings is 2. The molecular weight excluding hydrogens is 437 g/mol. The summed E-state index contributed by atoms with van der Waals surface area (Å²) in [5, 5.41) is 3.42. The zero-order valence-electron chi connectivity index (χ0n) is 17.8. The van der Waals surface area contributed by atoms with Gasteiger partial charge in [0.15, 0.2) is 0 Å². The summed E-state index contributed by atoms with van der Waals surface area (Å²) in [5.41, 5.74) is 2.96. The summed E-state index contributed by atoms with van der Waals surface area (Å²) in [5.74, 6) is 0.895. The lowest BCUT2D eigenvalue weighted by molar-refractivity contribution is 0.0341. The predicted octanol–water partition coefficient (Wildman–Crippen LogP) is 3.16. The van der Waals surface area contributed by atoms with E-state index in [1.54, 1.807) is 7.11 Å². The Hall–Kier alpha value is -1.83. The molecule has 2 saturated heterocycles. The Morgan fingerprint density at radius 3 is 2.65 bits per heavy atom. The minimum Gasteiger partial charge on any atom is -0.496 e. The summed E-state index contributed by atoms with van der Waals surface area (Å²) in [6.07, 6.45) is 0. The van der Waals surface area contributed by atoms with E-state index in [1.165, 1.54) is 5.56 Å². The van der Waals surface area contributed by atoms with Crippen LogP contribution in [-0.2, 0) is 11.3 Å². The van der Waals surface area contributed by atoms with Crippen molar-refractivity contribution in [1.82, 2.24) is 15.1 Å². The van der Waals surface area contributed by atoms with Gasteiger partial charge in [-0.2, -0.15) is 0 Å². The second-order valence-electron chi connectivity index (χ2n) is 7.55. The van der Waals surface area contributed by atoms with Crippen molar-refractivity contribution in [2.24, 2.45) is 0 Å². The molecule has 2 heterocycles. The van der Waals surface area contributed by atoms with Crippen molar-refractivity contribution in [3.8, 4) is 5.75 Å². The Morgan fingerprint density at radius 2 is 1.87 bits per heavy atom. The summed E-state index contributed by atoms with van der Waals surface area (Å²) in [6.45, 7) is 6.47. The molecule has 0 radical (unpaired) electrons. The Kier molecular flexibility index (Phi) is 10.1. The number of piperazine rings is 1. The highest BCUT2D eigenvalue weighted by Crippen LogP contribution is 2.31. The minimum absolute atomic E-state index is 0. The van der Waals surface area contributed by atoms with Crippen molar-refractivity contribution in [3.05, 3.63) is 65.2 Å². The van der Waals surface area contributed by atoms with Gasteiger partial charge >= 0.3 is 0 Å². The van der Waals surface area contributed by atoms with Crippen LogP contribution in [0.5, 0.6) is 5.75 Å². The van der Waals surface area contributed by atoms with Crippen molar-refractivity contribution < 1.29 is 14.3 Å². The molecule has 2 aliphatic rings. The van der Waals surface area contributed by atoms with Gasteiger partial charge in [0.2, 0.25) is 0 Å². The van der Waals surface area contributed by atoms with E-state index in [9.17, 15) is 4.79 Å². The van der Waals surface area contributed by atoms with Gasteiger partial charge in [0.25, 0.3) is 5.91 Å². The van der Waals surface area contributed by atoms with Gasteiger partial charge in [0, 0.05) is 50.4 Å². The molecule has 0 spiro atoms. The largest absolute Gasteiger partial charge is 0.496 e. The lowest BCUT2D eigenvalue weighted by atomic mass is 10.0. The van der Waals surface area contributed by atoms with E-state index in [2.05, 4.69) is 16.3 Å². The van der Waals surface area contributed by atoms with Crippen molar-refractivity contribution in [2.45, 2.75) is 12.6 Å². The molecule has 0 bridgehead atoms. The first-order chi connectivity index (χ1) is 14.3. The average Bonchev–Trinajstić information content (AvgIpc) is 2.79. The highest BCUT2D eigenvalue weighted by Gasteiger charge is 2.30. The quantitative estimate of drug-likeness (QED) is 0.731. The van der Waals surface area contributed by atoms with Crippen LogP contribution in [0.25, 0.3) is 0 Å². The molecule has 2 aromatic rings.